The van der Waals surface area contributed by atoms with E-state index >= 15 is 0 Å². The number of esters is 1. The predicted octanol–water partition coefficient (Wildman–Crippen LogP) is 5.49. The molecule has 160 valence electrons. The quantitative estimate of drug-likeness (QED) is 0.338. The second-order valence-electron chi connectivity index (χ2n) is 6.45. The van der Waals surface area contributed by atoms with Gasteiger partial charge in [-0.05, 0) is 51.1 Å². The van der Waals surface area contributed by atoms with Gasteiger partial charge in [-0.25, -0.2) is 4.79 Å². The maximum atomic E-state index is 13.9. The number of carbonyl (C=O) groups is 1. The first-order valence-corrected chi connectivity index (χ1v) is 11.6. The van der Waals surface area contributed by atoms with Gasteiger partial charge in [0.25, 0.3) is 0 Å². The van der Waals surface area contributed by atoms with Crippen LogP contribution in [0.3, 0.4) is 0 Å². The Morgan fingerprint density at radius 3 is 2.30 bits per heavy atom. The van der Waals surface area contributed by atoms with E-state index in [4.69, 9.17) is 13.8 Å². The minimum Gasteiger partial charge on any atom is -0.462 e. The molecule has 8 heteroatoms. The first-order valence-electron chi connectivity index (χ1n) is 10.0. The smallest absolute Gasteiger partial charge is 0.358 e. The number of hydrogen-bond acceptors (Lipinski definition) is 6. The lowest BCUT2D eigenvalue weighted by Gasteiger charge is -2.28. The molecule has 1 N–H and O–H groups in total. The average Bonchev–Trinajstić information content (AvgIpc) is 3.12. The van der Waals surface area contributed by atoms with Gasteiger partial charge in [0.05, 0.1) is 31.1 Å². The van der Waals surface area contributed by atoms with Crippen molar-refractivity contribution in [3.05, 3.63) is 72.1 Å². The summed E-state index contributed by atoms with van der Waals surface area (Å²) in [6, 6.07) is 16.7. The van der Waals surface area contributed by atoms with E-state index in [1.807, 2.05) is 59.1 Å². The van der Waals surface area contributed by atoms with Crippen molar-refractivity contribution in [3.8, 4) is 0 Å². The van der Waals surface area contributed by atoms with Crippen molar-refractivity contribution in [2.45, 2.75) is 26.6 Å². The molecule has 3 aromatic rings. The van der Waals surface area contributed by atoms with E-state index in [1.54, 1.807) is 26.8 Å². The highest BCUT2D eigenvalue weighted by molar-refractivity contribution is 7.54. The summed E-state index contributed by atoms with van der Waals surface area (Å²) < 4.78 is 32.4. The number of para-hydroxylation sites is 1. The zero-order valence-corrected chi connectivity index (χ0v) is 18.3. The molecule has 1 atom stereocenters. The van der Waals surface area contributed by atoms with Crippen LogP contribution in [0, 0.1) is 0 Å². The lowest BCUT2D eigenvalue weighted by molar-refractivity contribution is 0.0525. The Hall–Kier alpha value is -2.60. The first-order chi connectivity index (χ1) is 14.5. The lowest BCUT2D eigenvalue weighted by atomic mass is 10.2. The molecular formula is C22H27N2O5P. The van der Waals surface area contributed by atoms with Crippen molar-refractivity contribution in [2.24, 2.45) is 0 Å². The third-order valence-corrected chi connectivity index (χ3v) is 6.73. The van der Waals surface area contributed by atoms with Crippen LogP contribution in [0.4, 0.5) is 5.69 Å². The van der Waals surface area contributed by atoms with E-state index in [-0.39, 0.29) is 19.8 Å². The molecule has 30 heavy (non-hydrogen) atoms. The number of anilines is 1. The summed E-state index contributed by atoms with van der Waals surface area (Å²) in [4.78, 5) is 12.8. The van der Waals surface area contributed by atoms with Gasteiger partial charge < -0.3 is 23.5 Å². The van der Waals surface area contributed by atoms with Gasteiger partial charge in [-0.1, -0.05) is 24.3 Å². The first kappa shape index (κ1) is 22.1. The van der Waals surface area contributed by atoms with Gasteiger partial charge in [0.1, 0.15) is 0 Å². The standard InChI is InChI=1S/C22H27N2O5P/c1-4-27-22(25)19-16-18-14-10-11-15-24(18)20(19)21(23-17-12-8-7-9-13-17)30(26,28-5-2)29-6-3/h7-16,21,23H,4-6H2,1-3H3. The summed E-state index contributed by atoms with van der Waals surface area (Å²) in [5.74, 6) is -1.42. The molecule has 0 fully saturated rings. The maximum Gasteiger partial charge on any atom is 0.358 e. The molecule has 1 aromatic carbocycles. The van der Waals surface area contributed by atoms with Gasteiger partial charge in [-0.15, -0.1) is 0 Å². The molecule has 0 aliphatic rings. The largest absolute Gasteiger partial charge is 0.462 e. The van der Waals surface area contributed by atoms with E-state index < -0.39 is 19.3 Å². The van der Waals surface area contributed by atoms with Crippen LogP contribution >= 0.6 is 7.60 Å². The molecule has 2 heterocycles. The Labute approximate surface area is 176 Å². The van der Waals surface area contributed by atoms with Crippen molar-refractivity contribution in [1.82, 2.24) is 4.40 Å². The second kappa shape index (κ2) is 9.94. The van der Waals surface area contributed by atoms with Crippen LogP contribution in [0.15, 0.2) is 60.8 Å². The number of fused-ring (bicyclic) bond motifs is 1. The number of nitrogens with zero attached hydrogens (tertiary/aromatic N) is 1. The Kier molecular flexibility index (Phi) is 7.32. The van der Waals surface area contributed by atoms with Crippen LogP contribution in [-0.4, -0.2) is 30.2 Å². The summed E-state index contributed by atoms with van der Waals surface area (Å²) in [6.07, 6.45) is 1.81. The van der Waals surface area contributed by atoms with E-state index in [0.717, 1.165) is 11.2 Å². The maximum absolute atomic E-state index is 13.9. The molecule has 2 aromatic heterocycles. The summed E-state index contributed by atoms with van der Waals surface area (Å²) in [5, 5.41) is 3.28. The molecule has 0 radical (unpaired) electrons. The van der Waals surface area contributed by atoms with Crippen molar-refractivity contribution < 1.29 is 23.1 Å². The summed E-state index contributed by atoms with van der Waals surface area (Å²) in [6.45, 7) is 5.89. The fourth-order valence-corrected chi connectivity index (χ4v) is 5.29. The van der Waals surface area contributed by atoms with Crippen LogP contribution < -0.4 is 5.32 Å². The molecular weight excluding hydrogens is 403 g/mol. The van der Waals surface area contributed by atoms with Gasteiger partial charge in [0.2, 0.25) is 0 Å². The molecule has 7 nitrogen and oxygen atoms in total. The third kappa shape index (κ3) is 4.59. The molecule has 0 saturated carbocycles. The highest BCUT2D eigenvalue weighted by atomic mass is 31.2. The normalized spacial score (nSPS) is 12.6. The van der Waals surface area contributed by atoms with E-state index in [0.29, 0.717) is 11.3 Å². The number of pyridine rings is 1. The van der Waals surface area contributed by atoms with E-state index in [2.05, 4.69) is 5.32 Å². The molecule has 0 saturated heterocycles. The fourth-order valence-electron chi connectivity index (χ4n) is 3.33. The summed E-state index contributed by atoms with van der Waals surface area (Å²) in [7, 11) is -3.71. The van der Waals surface area contributed by atoms with Crippen molar-refractivity contribution >= 4 is 24.8 Å². The van der Waals surface area contributed by atoms with Crippen LogP contribution in [0.2, 0.25) is 0 Å². The summed E-state index contributed by atoms with van der Waals surface area (Å²) in [5.41, 5.74) is 2.28. The molecule has 0 aliphatic carbocycles. The lowest BCUT2D eigenvalue weighted by Crippen LogP contribution is -2.20. The molecule has 3 rings (SSSR count). The number of rotatable bonds is 10. The highest BCUT2D eigenvalue weighted by Gasteiger charge is 2.41. The zero-order chi connectivity index (χ0) is 21.6. The van der Waals surface area contributed by atoms with Crippen LogP contribution in [0.5, 0.6) is 0 Å². The second-order valence-corrected chi connectivity index (χ2v) is 8.56. The third-order valence-electron chi connectivity index (χ3n) is 4.48. The monoisotopic (exact) mass is 430 g/mol. The van der Waals surface area contributed by atoms with Crippen LogP contribution in [-0.2, 0) is 18.3 Å². The Bertz CT molecular complexity index is 1020. The van der Waals surface area contributed by atoms with Crippen molar-refractivity contribution in [2.75, 3.05) is 25.1 Å². The van der Waals surface area contributed by atoms with Gasteiger partial charge in [-0.2, -0.15) is 0 Å². The number of ether oxygens (including phenoxy) is 1. The minimum atomic E-state index is -3.71. The molecule has 0 amide bonds. The van der Waals surface area contributed by atoms with Gasteiger partial charge in [0, 0.05) is 17.4 Å². The number of carbonyl (C=O) groups excluding carboxylic acids is 1. The fraction of sp³-hybridized carbons (Fsp3) is 0.318. The summed E-state index contributed by atoms with van der Waals surface area (Å²) >= 11 is 0. The van der Waals surface area contributed by atoms with Gasteiger partial charge in [0.15, 0.2) is 5.78 Å². The van der Waals surface area contributed by atoms with Crippen LogP contribution in [0.25, 0.3) is 5.52 Å². The topological polar surface area (TPSA) is 78.3 Å². The highest BCUT2D eigenvalue weighted by Crippen LogP contribution is 2.61. The Balaban J connectivity index is 2.24. The number of hydrogen-bond donors (Lipinski definition) is 1. The molecule has 0 aliphatic heterocycles. The van der Waals surface area contributed by atoms with Crippen LogP contribution in [0.1, 0.15) is 42.6 Å². The Morgan fingerprint density at radius 1 is 1.00 bits per heavy atom. The van der Waals surface area contributed by atoms with Crippen molar-refractivity contribution in [1.29, 1.82) is 0 Å². The number of aromatic nitrogens is 1. The number of benzene rings is 1. The van der Waals surface area contributed by atoms with Crippen molar-refractivity contribution in [3.63, 3.8) is 0 Å². The molecule has 0 bridgehead atoms. The van der Waals surface area contributed by atoms with Gasteiger partial charge in [-0.3, -0.25) is 4.57 Å². The Morgan fingerprint density at radius 2 is 1.67 bits per heavy atom. The SMILES string of the molecule is CCOC(=O)c1cc2ccccn2c1C(Nc1ccccc1)P(=O)(OCC)OCC. The average molecular weight is 430 g/mol. The minimum absolute atomic E-state index is 0.197. The van der Waals surface area contributed by atoms with Gasteiger partial charge >= 0.3 is 13.6 Å². The predicted molar refractivity (Wildman–Crippen MR) is 117 cm³/mol. The molecule has 0 spiro atoms. The van der Waals surface area contributed by atoms with E-state index in [9.17, 15) is 9.36 Å². The molecule has 1 unspecified atom stereocenters. The number of nitrogens with one attached hydrogen (secondary N) is 1. The van der Waals surface area contributed by atoms with E-state index in [1.165, 1.54) is 0 Å². The zero-order valence-electron chi connectivity index (χ0n) is 17.4.